The van der Waals surface area contributed by atoms with Crippen LogP contribution in [0.15, 0.2) is 59.0 Å². The van der Waals surface area contributed by atoms with Gasteiger partial charge in [0.05, 0.1) is 17.2 Å². The summed E-state index contributed by atoms with van der Waals surface area (Å²) in [5.41, 5.74) is 2.32. The second-order valence-corrected chi connectivity index (χ2v) is 7.75. The summed E-state index contributed by atoms with van der Waals surface area (Å²) < 4.78 is 13.1. The Morgan fingerprint density at radius 2 is 1.85 bits per heavy atom. The maximum Gasteiger partial charge on any atom is 0.236 e. The molecule has 4 heteroatoms. The lowest BCUT2D eigenvalue weighted by Crippen LogP contribution is -2.02. The van der Waals surface area contributed by atoms with Crippen molar-refractivity contribution in [3.8, 4) is 16.5 Å². The summed E-state index contributed by atoms with van der Waals surface area (Å²) >= 11 is 1.71. The predicted octanol–water partition coefficient (Wildman–Crippen LogP) is 6.44. The number of aromatic nitrogens is 1. The third kappa shape index (κ3) is 4.06. The van der Waals surface area contributed by atoms with Gasteiger partial charge in [-0.25, -0.2) is 4.98 Å². The van der Waals surface area contributed by atoms with Gasteiger partial charge in [0.2, 0.25) is 5.89 Å². The fourth-order valence-electron chi connectivity index (χ4n) is 3.16. The summed E-state index contributed by atoms with van der Waals surface area (Å²) in [5.74, 6) is 2.47. The molecule has 0 radical (unpaired) electrons. The third-order valence-electron chi connectivity index (χ3n) is 4.60. The van der Waals surface area contributed by atoms with Crippen LogP contribution in [0.2, 0.25) is 0 Å². The van der Waals surface area contributed by atoms with Crippen LogP contribution in [-0.4, -0.2) is 11.6 Å². The van der Waals surface area contributed by atoms with Crippen LogP contribution in [0, 0.1) is 6.92 Å². The van der Waals surface area contributed by atoms with E-state index in [9.17, 15) is 0 Å². The molecule has 0 atom stereocenters. The number of oxazole rings is 1. The number of hydrogen-bond acceptors (Lipinski definition) is 4. The van der Waals surface area contributed by atoms with Gasteiger partial charge >= 0.3 is 0 Å². The zero-order valence-corrected chi connectivity index (χ0v) is 16.5. The summed E-state index contributed by atoms with van der Waals surface area (Å²) in [6, 6.07) is 18.9. The van der Waals surface area contributed by atoms with Crippen LogP contribution >= 0.6 is 11.3 Å². The molecule has 0 bridgehead atoms. The smallest absolute Gasteiger partial charge is 0.236 e. The standard InChI is InChI=1S/C23H23NO2S/c1-3-6-17-9-11-19(12-10-17)25-14-13-20-16(2)26-23(24-20)22-15-18-7-4-5-8-21(18)27-22/h4-5,7-12,15H,3,6,13-14H2,1-2H3. The van der Waals surface area contributed by atoms with Crippen molar-refractivity contribution in [3.63, 3.8) is 0 Å². The molecule has 4 aromatic rings. The first kappa shape index (κ1) is 17.8. The van der Waals surface area contributed by atoms with E-state index in [0.717, 1.165) is 41.3 Å². The molecule has 2 aromatic heterocycles. The third-order valence-corrected chi connectivity index (χ3v) is 5.70. The predicted molar refractivity (Wildman–Crippen MR) is 112 cm³/mol. The molecule has 27 heavy (non-hydrogen) atoms. The monoisotopic (exact) mass is 377 g/mol. The molecular formula is C23H23NO2S. The molecule has 138 valence electrons. The molecule has 0 aliphatic carbocycles. The molecule has 0 saturated heterocycles. The second-order valence-electron chi connectivity index (χ2n) is 6.66. The van der Waals surface area contributed by atoms with Gasteiger partial charge in [0, 0.05) is 11.1 Å². The number of rotatable bonds is 7. The Labute approximate surface area is 163 Å². The maximum absolute atomic E-state index is 5.92. The molecular weight excluding hydrogens is 354 g/mol. The van der Waals surface area contributed by atoms with Gasteiger partial charge in [0.25, 0.3) is 0 Å². The van der Waals surface area contributed by atoms with Crippen molar-refractivity contribution in [3.05, 3.63) is 71.6 Å². The van der Waals surface area contributed by atoms with Gasteiger partial charge in [0.1, 0.15) is 11.5 Å². The largest absolute Gasteiger partial charge is 0.493 e. The zero-order valence-electron chi connectivity index (χ0n) is 15.7. The molecule has 0 amide bonds. The molecule has 0 aliphatic heterocycles. The lowest BCUT2D eigenvalue weighted by Gasteiger charge is -2.06. The van der Waals surface area contributed by atoms with Gasteiger partial charge in [-0.3, -0.25) is 0 Å². The van der Waals surface area contributed by atoms with Crippen molar-refractivity contribution in [2.75, 3.05) is 6.61 Å². The van der Waals surface area contributed by atoms with E-state index in [-0.39, 0.29) is 0 Å². The normalized spacial score (nSPS) is 11.2. The highest BCUT2D eigenvalue weighted by Crippen LogP contribution is 2.33. The number of nitrogens with zero attached hydrogens (tertiary/aromatic N) is 1. The van der Waals surface area contributed by atoms with Crippen molar-refractivity contribution >= 4 is 21.4 Å². The Morgan fingerprint density at radius 1 is 1.04 bits per heavy atom. The van der Waals surface area contributed by atoms with Crippen LogP contribution in [0.4, 0.5) is 0 Å². The highest BCUT2D eigenvalue weighted by atomic mass is 32.1. The second kappa shape index (κ2) is 7.97. The van der Waals surface area contributed by atoms with E-state index in [1.54, 1.807) is 11.3 Å². The zero-order chi connectivity index (χ0) is 18.6. The van der Waals surface area contributed by atoms with Gasteiger partial charge in [-0.15, -0.1) is 11.3 Å². The van der Waals surface area contributed by atoms with Gasteiger partial charge in [-0.05, 0) is 48.6 Å². The Balaban J connectivity index is 1.41. The van der Waals surface area contributed by atoms with E-state index in [0.29, 0.717) is 12.5 Å². The molecule has 0 N–H and O–H groups in total. The van der Waals surface area contributed by atoms with E-state index < -0.39 is 0 Å². The van der Waals surface area contributed by atoms with Crippen LogP contribution in [0.25, 0.3) is 20.9 Å². The Bertz CT molecular complexity index is 997. The first-order chi connectivity index (χ1) is 13.2. The van der Waals surface area contributed by atoms with Crippen LogP contribution in [0.3, 0.4) is 0 Å². The van der Waals surface area contributed by atoms with E-state index in [4.69, 9.17) is 14.1 Å². The summed E-state index contributed by atoms with van der Waals surface area (Å²) in [6.07, 6.45) is 3.00. The SMILES string of the molecule is CCCc1ccc(OCCc2nc(-c3cc4ccccc4s3)oc2C)cc1. The van der Waals surface area contributed by atoms with E-state index in [1.807, 2.05) is 19.1 Å². The summed E-state index contributed by atoms with van der Waals surface area (Å²) in [6.45, 7) is 4.75. The van der Waals surface area contributed by atoms with Gasteiger partial charge in [0.15, 0.2) is 0 Å². The van der Waals surface area contributed by atoms with Crippen LogP contribution in [-0.2, 0) is 12.8 Å². The number of thiophene rings is 1. The minimum Gasteiger partial charge on any atom is -0.493 e. The first-order valence-electron chi connectivity index (χ1n) is 9.40. The highest BCUT2D eigenvalue weighted by Gasteiger charge is 2.14. The average Bonchev–Trinajstić information content (AvgIpc) is 3.27. The summed E-state index contributed by atoms with van der Waals surface area (Å²) in [5, 5.41) is 1.23. The topological polar surface area (TPSA) is 35.3 Å². The average molecular weight is 378 g/mol. The van der Waals surface area contributed by atoms with E-state index in [2.05, 4.69) is 49.4 Å². The molecule has 0 unspecified atom stereocenters. The molecule has 0 spiro atoms. The minimum atomic E-state index is 0.590. The van der Waals surface area contributed by atoms with Crippen molar-refractivity contribution in [2.24, 2.45) is 0 Å². The number of fused-ring (bicyclic) bond motifs is 1. The number of aryl methyl sites for hydroxylation is 2. The Kier molecular flexibility index (Phi) is 5.26. The van der Waals surface area contributed by atoms with Gasteiger partial charge in [-0.1, -0.05) is 43.7 Å². The highest BCUT2D eigenvalue weighted by molar-refractivity contribution is 7.22. The molecule has 0 fully saturated rings. The molecule has 0 saturated carbocycles. The van der Waals surface area contributed by atoms with Gasteiger partial charge in [-0.2, -0.15) is 0 Å². The minimum absolute atomic E-state index is 0.590. The number of benzene rings is 2. The van der Waals surface area contributed by atoms with Crippen LogP contribution < -0.4 is 4.74 Å². The number of hydrogen-bond donors (Lipinski definition) is 0. The van der Waals surface area contributed by atoms with E-state index >= 15 is 0 Å². The van der Waals surface area contributed by atoms with Gasteiger partial charge < -0.3 is 9.15 Å². The summed E-state index contributed by atoms with van der Waals surface area (Å²) in [4.78, 5) is 5.78. The molecule has 2 aromatic carbocycles. The van der Waals surface area contributed by atoms with Crippen LogP contribution in [0.1, 0.15) is 30.4 Å². The number of ether oxygens (including phenoxy) is 1. The quantitative estimate of drug-likeness (QED) is 0.372. The first-order valence-corrected chi connectivity index (χ1v) is 10.2. The van der Waals surface area contributed by atoms with E-state index in [1.165, 1.54) is 15.6 Å². The van der Waals surface area contributed by atoms with Crippen molar-refractivity contribution in [2.45, 2.75) is 33.1 Å². The molecule has 3 nitrogen and oxygen atoms in total. The molecule has 4 rings (SSSR count). The van der Waals surface area contributed by atoms with Crippen molar-refractivity contribution in [1.29, 1.82) is 0 Å². The van der Waals surface area contributed by atoms with Crippen molar-refractivity contribution < 1.29 is 9.15 Å². The van der Waals surface area contributed by atoms with Crippen molar-refractivity contribution in [1.82, 2.24) is 4.98 Å². The fraction of sp³-hybridized carbons (Fsp3) is 0.261. The molecule has 2 heterocycles. The maximum atomic E-state index is 5.92. The Morgan fingerprint density at radius 3 is 2.63 bits per heavy atom. The molecule has 0 aliphatic rings. The summed E-state index contributed by atoms with van der Waals surface area (Å²) in [7, 11) is 0. The lowest BCUT2D eigenvalue weighted by atomic mass is 10.1. The fourth-order valence-corrected chi connectivity index (χ4v) is 4.15. The van der Waals surface area contributed by atoms with Crippen LogP contribution in [0.5, 0.6) is 5.75 Å². The lowest BCUT2D eigenvalue weighted by molar-refractivity contribution is 0.320. The Hall–Kier alpha value is -2.59.